The maximum atomic E-state index is 12.8. The Morgan fingerprint density at radius 2 is 1.97 bits per heavy atom. The molecule has 0 bridgehead atoms. The first-order valence-electron chi connectivity index (χ1n) is 9.38. The van der Waals surface area contributed by atoms with Crippen LogP contribution in [0.5, 0.6) is 5.75 Å². The van der Waals surface area contributed by atoms with Gasteiger partial charge in [-0.2, -0.15) is 0 Å². The van der Waals surface area contributed by atoms with Gasteiger partial charge in [0.15, 0.2) is 5.17 Å². The van der Waals surface area contributed by atoms with Gasteiger partial charge in [0.25, 0.3) is 5.91 Å². The van der Waals surface area contributed by atoms with E-state index in [0.29, 0.717) is 28.9 Å². The van der Waals surface area contributed by atoms with E-state index in [1.165, 1.54) is 23.9 Å². The number of nitrogens with zero attached hydrogens (tertiary/aromatic N) is 2. The summed E-state index contributed by atoms with van der Waals surface area (Å²) in [5.74, 6) is -0.325. The zero-order valence-corrected chi connectivity index (χ0v) is 17.1. The van der Waals surface area contributed by atoms with Gasteiger partial charge >= 0.3 is 5.97 Å². The van der Waals surface area contributed by atoms with Crippen molar-refractivity contribution in [2.24, 2.45) is 4.99 Å². The summed E-state index contributed by atoms with van der Waals surface area (Å²) in [5, 5.41) is 9.68. The normalized spacial score (nSPS) is 16.6. The zero-order chi connectivity index (χ0) is 20.8. The second-order valence-corrected chi connectivity index (χ2v) is 7.34. The van der Waals surface area contributed by atoms with Gasteiger partial charge in [0.05, 0.1) is 22.8 Å². The van der Waals surface area contributed by atoms with Crippen LogP contribution in [0.3, 0.4) is 0 Å². The van der Waals surface area contributed by atoms with Gasteiger partial charge in [0.2, 0.25) is 0 Å². The van der Waals surface area contributed by atoms with Crippen molar-refractivity contribution in [3.63, 3.8) is 0 Å². The summed E-state index contributed by atoms with van der Waals surface area (Å²) in [4.78, 5) is 30.6. The quantitative estimate of drug-likeness (QED) is 0.664. The monoisotopic (exact) mass is 410 g/mol. The highest BCUT2D eigenvalue weighted by molar-refractivity contribution is 8.18. The van der Waals surface area contributed by atoms with Crippen molar-refractivity contribution in [3.8, 4) is 5.75 Å². The van der Waals surface area contributed by atoms with Crippen LogP contribution in [0.25, 0.3) is 6.08 Å². The van der Waals surface area contributed by atoms with Crippen molar-refractivity contribution in [1.29, 1.82) is 0 Å². The van der Waals surface area contributed by atoms with Gasteiger partial charge in [0.1, 0.15) is 5.75 Å². The van der Waals surface area contributed by atoms with Crippen LogP contribution < -0.4 is 4.74 Å². The Labute approximate surface area is 173 Å². The number of likely N-dealkylation sites (N-methyl/N-ethyl adjacent to an activating group) is 1. The van der Waals surface area contributed by atoms with E-state index in [4.69, 9.17) is 9.84 Å². The van der Waals surface area contributed by atoms with Crippen LogP contribution in [0.1, 0.15) is 36.2 Å². The lowest BCUT2D eigenvalue weighted by Gasteiger charge is -2.12. The van der Waals surface area contributed by atoms with Crippen molar-refractivity contribution >= 4 is 40.6 Å². The summed E-state index contributed by atoms with van der Waals surface area (Å²) in [6.45, 7) is 5.08. The fourth-order valence-electron chi connectivity index (χ4n) is 2.72. The van der Waals surface area contributed by atoms with Gasteiger partial charge in [0, 0.05) is 6.54 Å². The first kappa shape index (κ1) is 20.7. The van der Waals surface area contributed by atoms with E-state index in [1.54, 1.807) is 17.0 Å². The molecule has 1 aliphatic heterocycles. The van der Waals surface area contributed by atoms with Crippen LogP contribution in [0.4, 0.5) is 5.69 Å². The molecule has 0 spiro atoms. The molecule has 1 N–H and O–H groups in total. The summed E-state index contributed by atoms with van der Waals surface area (Å²) in [5.41, 5.74) is 1.55. The van der Waals surface area contributed by atoms with Crippen molar-refractivity contribution in [3.05, 3.63) is 64.6 Å². The molecular formula is C22H22N2O4S. The van der Waals surface area contributed by atoms with E-state index < -0.39 is 5.97 Å². The Morgan fingerprint density at radius 1 is 1.21 bits per heavy atom. The predicted octanol–water partition coefficient (Wildman–Crippen LogP) is 4.80. The minimum Gasteiger partial charge on any atom is -0.494 e. The fourth-order valence-corrected chi connectivity index (χ4v) is 3.78. The first-order valence-corrected chi connectivity index (χ1v) is 10.2. The molecule has 0 atom stereocenters. The largest absolute Gasteiger partial charge is 0.494 e. The molecule has 0 saturated carbocycles. The number of thioether (sulfide) groups is 1. The molecule has 2 aromatic carbocycles. The summed E-state index contributed by atoms with van der Waals surface area (Å²) in [6.07, 6.45) is 2.77. The SMILES string of the molecule is CCCOc1ccc(/C=C2/SC(=Nc3cccc(C(=O)O)c3)N(CC)C2=O)cc1. The van der Waals surface area contributed by atoms with Crippen molar-refractivity contribution in [2.45, 2.75) is 20.3 Å². The predicted molar refractivity (Wildman–Crippen MR) is 116 cm³/mol. The molecule has 1 fully saturated rings. The third-order valence-electron chi connectivity index (χ3n) is 4.17. The molecule has 1 amide bonds. The van der Waals surface area contributed by atoms with Gasteiger partial charge in [-0.3, -0.25) is 9.69 Å². The maximum Gasteiger partial charge on any atom is 0.335 e. The number of hydrogen-bond donors (Lipinski definition) is 1. The summed E-state index contributed by atoms with van der Waals surface area (Å²) in [6, 6.07) is 13.9. The van der Waals surface area contributed by atoms with Crippen molar-refractivity contribution < 1.29 is 19.4 Å². The van der Waals surface area contributed by atoms with E-state index in [0.717, 1.165) is 17.7 Å². The number of amidine groups is 1. The van der Waals surface area contributed by atoms with Crippen LogP contribution >= 0.6 is 11.8 Å². The zero-order valence-electron chi connectivity index (χ0n) is 16.3. The molecule has 2 aromatic rings. The molecule has 3 rings (SSSR count). The van der Waals surface area contributed by atoms with Gasteiger partial charge in [-0.25, -0.2) is 9.79 Å². The number of rotatable bonds is 7. The number of aromatic carboxylic acids is 1. The van der Waals surface area contributed by atoms with E-state index >= 15 is 0 Å². The summed E-state index contributed by atoms with van der Waals surface area (Å²) < 4.78 is 5.58. The van der Waals surface area contributed by atoms with Crippen molar-refractivity contribution in [1.82, 2.24) is 4.90 Å². The van der Waals surface area contributed by atoms with Crippen LogP contribution in [-0.4, -0.2) is 40.2 Å². The molecule has 150 valence electrons. The smallest absolute Gasteiger partial charge is 0.335 e. The number of benzene rings is 2. The minimum atomic E-state index is -1.01. The van der Waals surface area contributed by atoms with Gasteiger partial charge in [-0.1, -0.05) is 25.1 Å². The summed E-state index contributed by atoms with van der Waals surface area (Å²) >= 11 is 1.28. The van der Waals surface area contributed by atoms with Crippen LogP contribution in [0, 0.1) is 0 Å². The number of ether oxygens (including phenoxy) is 1. The van der Waals surface area contributed by atoms with Crippen LogP contribution in [-0.2, 0) is 4.79 Å². The highest BCUT2D eigenvalue weighted by Gasteiger charge is 2.32. The average molecular weight is 410 g/mol. The molecule has 0 aliphatic carbocycles. The second-order valence-electron chi connectivity index (χ2n) is 6.33. The molecule has 0 radical (unpaired) electrons. The molecule has 29 heavy (non-hydrogen) atoms. The molecule has 6 nitrogen and oxygen atoms in total. The Morgan fingerprint density at radius 3 is 2.62 bits per heavy atom. The number of carbonyl (C=O) groups excluding carboxylic acids is 1. The van der Waals surface area contributed by atoms with Gasteiger partial charge < -0.3 is 9.84 Å². The molecule has 0 unspecified atom stereocenters. The third-order valence-corrected chi connectivity index (χ3v) is 5.18. The third kappa shape index (κ3) is 5.06. The number of carboxylic acid groups (broad SMARTS) is 1. The lowest BCUT2D eigenvalue weighted by Crippen LogP contribution is -2.28. The lowest BCUT2D eigenvalue weighted by atomic mass is 10.2. The molecule has 1 heterocycles. The maximum absolute atomic E-state index is 12.8. The lowest BCUT2D eigenvalue weighted by molar-refractivity contribution is -0.122. The molecule has 1 saturated heterocycles. The van der Waals surface area contributed by atoms with E-state index in [-0.39, 0.29) is 11.5 Å². The number of carbonyl (C=O) groups is 2. The Hall–Kier alpha value is -3.06. The van der Waals surface area contributed by atoms with Gasteiger partial charge in [-0.15, -0.1) is 0 Å². The summed E-state index contributed by atoms with van der Waals surface area (Å²) in [7, 11) is 0. The first-order chi connectivity index (χ1) is 14.0. The van der Waals surface area contributed by atoms with Crippen molar-refractivity contribution in [2.75, 3.05) is 13.2 Å². The van der Waals surface area contributed by atoms with Crippen LogP contribution in [0.15, 0.2) is 58.4 Å². The van der Waals surface area contributed by atoms with E-state index in [1.807, 2.05) is 37.3 Å². The Balaban J connectivity index is 1.84. The van der Waals surface area contributed by atoms with Crippen LogP contribution in [0.2, 0.25) is 0 Å². The number of hydrogen-bond acceptors (Lipinski definition) is 5. The fraction of sp³-hybridized carbons (Fsp3) is 0.227. The number of carboxylic acids is 1. The highest BCUT2D eigenvalue weighted by Crippen LogP contribution is 2.34. The Bertz CT molecular complexity index is 967. The number of aliphatic imine (C=N–C) groups is 1. The molecule has 7 heteroatoms. The minimum absolute atomic E-state index is 0.114. The highest BCUT2D eigenvalue weighted by atomic mass is 32.2. The average Bonchev–Trinajstić information content (AvgIpc) is 3.01. The topological polar surface area (TPSA) is 79.2 Å². The molecule has 1 aliphatic rings. The standard InChI is InChI=1S/C22H22N2O4S/c1-3-12-28-18-10-8-15(9-11-18)13-19-20(25)24(4-2)22(29-19)23-17-7-5-6-16(14-17)21(26)27/h5-11,13-14H,3-4,12H2,1-2H3,(H,26,27)/b19-13+,23-22?. The second kappa shape index (κ2) is 9.43. The molecular weight excluding hydrogens is 388 g/mol. The Kier molecular flexibility index (Phi) is 6.72. The number of amides is 1. The molecule has 0 aromatic heterocycles. The van der Waals surface area contributed by atoms with E-state index in [9.17, 15) is 9.59 Å². The van der Waals surface area contributed by atoms with Gasteiger partial charge in [-0.05, 0) is 67.1 Å². The van der Waals surface area contributed by atoms with E-state index in [2.05, 4.69) is 11.9 Å².